The summed E-state index contributed by atoms with van der Waals surface area (Å²) in [6, 6.07) is 11.4. The zero-order valence-electron chi connectivity index (χ0n) is 14.5. The van der Waals surface area contributed by atoms with Gasteiger partial charge in [0.1, 0.15) is 11.6 Å². The second kappa shape index (κ2) is 7.31. The van der Waals surface area contributed by atoms with Gasteiger partial charge in [0, 0.05) is 18.9 Å². The van der Waals surface area contributed by atoms with Crippen molar-refractivity contribution in [2.45, 2.75) is 31.7 Å². The van der Waals surface area contributed by atoms with Crippen molar-refractivity contribution in [3.8, 4) is 11.3 Å². The Kier molecular flexibility index (Phi) is 4.71. The van der Waals surface area contributed by atoms with Crippen LogP contribution in [0.5, 0.6) is 0 Å². The molecule has 0 spiro atoms. The standard InChI is InChI=1S/C21H18F2N2O2/c22-14-6-7-16(17(23)11-14)19-12-24-21(27-19)10-9-20(26)25-18-8-5-13-3-1-2-4-15(13)18/h1-4,6-7,11-12,18H,5,8-10H2,(H,25,26). The molecule has 1 atom stereocenters. The number of hydrogen-bond donors (Lipinski definition) is 1. The number of halogens is 2. The van der Waals surface area contributed by atoms with E-state index >= 15 is 0 Å². The van der Waals surface area contributed by atoms with Crippen LogP contribution in [-0.4, -0.2) is 10.9 Å². The first kappa shape index (κ1) is 17.4. The maximum absolute atomic E-state index is 13.8. The lowest BCUT2D eigenvalue weighted by molar-refractivity contribution is -0.121. The Hall–Kier alpha value is -3.02. The van der Waals surface area contributed by atoms with Crippen LogP contribution in [0.1, 0.15) is 35.9 Å². The first-order valence-corrected chi connectivity index (χ1v) is 8.87. The van der Waals surface area contributed by atoms with Crippen molar-refractivity contribution < 1.29 is 18.0 Å². The molecule has 6 heteroatoms. The van der Waals surface area contributed by atoms with Gasteiger partial charge in [-0.05, 0) is 36.1 Å². The third-order valence-electron chi connectivity index (χ3n) is 4.78. The summed E-state index contributed by atoms with van der Waals surface area (Å²) in [4.78, 5) is 16.4. The molecule has 0 radical (unpaired) electrons. The molecule has 1 aliphatic carbocycles. The maximum Gasteiger partial charge on any atom is 0.220 e. The number of hydrogen-bond acceptors (Lipinski definition) is 3. The average Bonchev–Trinajstić information content (AvgIpc) is 3.28. The molecule has 0 fully saturated rings. The normalized spacial score (nSPS) is 15.6. The predicted octanol–water partition coefficient (Wildman–Crippen LogP) is 4.36. The fraction of sp³-hybridized carbons (Fsp3) is 0.238. The number of benzene rings is 2. The van der Waals surface area contributed by atoms with E-state index in [1.165, 1.54) is 23.4 Å². The van der Waals surface area contributed by atoms with Gasteiger partial charge in [0.2, 0.25) is 5.91 Å². The Labute approximate surface area is 155 Å². The topological polar surface area (TPSA) is 55.1 Å². The summed E-state index contributed by atoms with van der Waals surface area (Å²) in [6.07, 6.45) is 3.79. The van der Waals surface area contributed by atoms with Gasteiger partial charge in [0.25, 0.3) is 0 Å². The molecule has 0 bridgehead atoms. The molecule has 1 N–H and O–H groups in total. The number of aromatic nitrogens is 1. The van der Waals surface area contributed by atoms with Crippen molar-refractivity contribution >= 4 is 5.91 Å². The van der Waals surface area contributed by atoms with E-state index in [-0.39, 0.29) is 29.7 Å². The van der Waals surface area contributed by atoms with E-state index in [0.29, 0.717) is 12.3 Å². The predicted molar refractivity (Wildman–Crippen MR) is 95.8 cm³/mol. The van der Waals surface area contributed by atoms with Crippen LogP contribution in [0.3, 0.4) is 0 Å². The van der Waals surface area contributed by atoms with Crippen molar-refractivity contribution in [2.24, 2.45) is 0 Å². The molecule has 138 valence electrons. The highest BCUT2D eigenvalue weighted by molar-refractivity contribution is 5.76. The van der Waals surface area contributed by atoms with Crippen molar-refractivity contribution in [1.82, 2.24) is 10.3 Å². The minimum absolute atomic E-state index is 0.0436. The molecule has 1 aliphatic rings. The van der Waals surface area contributed by atoms with Crippen molar-refractivity contribution in [1.29, 1.82) is 0 Å². The summed E-state index contributed by atoms with van der Waals surface area (Å²) < 4.78 is 32.3. The first-order chi connectivity index (χ1) is 13.1. The van der Waals surface area contributed by atoms with Gasteiger partial charge >= 0.3 is 0 Å². The molecule has 0 saturated heterocycles. The van der Waals surface area contributed by atoms with Crippen LogP contribution in [0.15, 0.2) is 53.1 Å². The highest BCUT2D eigenvalue weighted by atomic mass is 19.1. The second-order valence-electron chi connectivity index (χ2n) is 6.60. The average molecular weight is 368 g/mol. The zero-order chi connectivity index (χ0) is 18.8. The first-order valence-electron chi connectivity index (χ1n) is 8.87. The lowest BCUT2D eigenvalue weighted by Crippen LogP contribution is -2.27. The SMILES string of the molecule is O=C(CCc1ncc(-c2ccc(F)cc2F)o1)NC1CCc2ccccc21. The highest BCUT2D eigenvalue weighted by Gasteiger charge is 2.23. The quantitative estimate of drug-likeness (QED) is 0.728. The van der Waals surface area contributed by atoms with Crippen LogP contribution < -0.4 is 5.32 Å². The number of aryl methyl sites for hydroxylation is 2. The smallest absolute Gasteiger partial charge is 0.220 e. The lowest BCUT2D eigenvalue weighted by atomic mass is 10.1. The second-order valence-corrected chi connectivity index (χ2v) is 6.60. The summed E-state index contributed by atoms with van der Waals surface area (Å²) >= 11 is 0. The fourth-order valence-electron chi connectivity index (χ4n) is 3.43. The van der Waals surface area contributed by atoms with Gasteiger partial charge in [-0.3, -0.25) is 4.79 Å². The summed E-state index contributed by atoms with van der Waals surface area (Å²) in [6.45, 7) is 0. The van der Waals surface area contributed by atoms with Crippen LogP contribution in [0.2, 0.25) is 0 Å². The van der Waals surface area contributed by atoms with E-state index in [1.807, 2.05) is 18.2 Å². The molecule has 1 amide bonds. The van der Waals surface area contributed by atoms with Gasteiger partial charge in [0.15, 0.2) is 11.7 Å². The Bertz CT molecular complexity index is 984. The maximum atomic E-state index is 13.8. The highest BCUT2D eigenvalue weighted by Crippen LogP contribution is 2.30. The van der Waals surface area contributed by atoms with E-state index in [9.17, 15) is 13.6 Å². The van der Waals surface area contributed by atoms with Crippen LogP contribution >= 0.6 is 0 Å². The third kappa shape index (κ3) is 3.74. The Morgan fingerprint density at radius 1 is 1.22 bits per heavy atom. The van der Waals surface area contributed by atoms with Gasteiger partial charge < -0.3 is 9.73 Å². The molecule has 4 rings (SSSR count). The number of carbonyl (C=O) groups is 1. The van der Waals surface area contributed by atoms with Crippen LogP contribution in [-0.2, 0) is 17.6 Å². The molecule has 1 heterocycles. The largest absolute Gasteiger partial charge is 0.441 e. The van der Waals surface area contributed by atoms with Gasteiger partial charge in [-0.1, -0.05) is 24.3 Å². The number of carbonyl (C=O) groups excluding carboxylic acids is 1. The molecule has 1 unspecified atom stereocenters. The van der Waals surface area contributed by atoms with E-state index in [4.69, 9.17) is 4.42 Å². The minimum Gasteiger partial charge on any atom is -0.441 e. The molecular formula is C21H18F2N2O2. The van der Waals surface area contributed by atoms with Gasteiger partial charge in [-0.25, -0.2) is 13.8 Å². The van der Waals surface area contributed by atoms with Crippen LogP contribution in [0.25, 0.3) is 11.3 Å². The minimum atomic E-state index is -0.713. The zero-order valence-corrected chi connectivity index (χ0v) is 14.5. The summed E-state index contributed by atoms with van der Waals surface area (Å²) in [5.74, 6) is -0.885. The Morgan fingerprint density at radius 2 is 2.07 bits per heavy atom. The third-order valence-corrected chi connectivity index (χ3v) is 4.78. The molecule has 0 saturated carbocycles. The molecule has 3 aromatic rings. The number of rotatable bonds is 5. The van der Waals surface area contributed by atoms with Gasteiger partial charge in [-0.2, -0.15) is 0 Å². The molecule has 27 heavy (non-hydrogen) atoms. The number of amides is 1. The van der Waals surface area contributed by atoms with E-state index in [0.717, 1.165) is 25.0 Å². The Morgan fingerprint density at radius 3 is 2.93 bits per heavy atom. The van der Waals surface area contributed by atoms with Gasteiger partial charge in [0.05, 0.1) is 17.8 Å². The summed E-state index contributed by atoms with van der Waals surface area (Å²) in [5, 5.41) is 3.05. The monoisotopic (exact) mass is 368 g/mol. The van der Waals surface area contributed by atoms with Crippen molar-refractivity contribution in [2.75, 3.05) is 0 Å². The fourth-order valence-corrected chi connectivity index (χ4v) is 3.43. The summed E-state index contributed by atoms with van der Waals surface area (Å²) in [7, 11) is 0. The van der Waals surface area contributed by atoms with E-state index in [1.54, 1.807) is 0 Å². The number of fused-ring (bicyclic) bond motifs is 1. The van der Waals surface area contributed by atoms with Crippen LogP contribution in [0, 0.1) is 11.6 Å². The molecule has 1 aromatic heterocycles. The Balaban J connectivity index is 1.36. The molecular weight excluding hydrogens is 350 g/mol. The van der Waals surface area contributed by atoms with Gasteiger partial charge in [-0.15, -0.1) is 0 Å². The summed E-state index contributed by atoms with van der Waals surface area (Å²) in [5.41, 5.74) is 2.60. The van der Waals surface area contributed by atoms with Crippen molar-refractivity contribution in [3.05, 3.63) is 77.3 Å². The van der Waals surface area contributed by atoms with E-state index in [2.05, 4.69) is 16.4 Å². The number of nitrogens with one attached hydrogen (secondary N) is 1. The molecule has 2 aromatic carbocycles. The molecule has 0 aliphatic heterocycles. The van der Waals surface area contributed by atoms with Crippen molar-refractivity contribution in [3.63, 3.8) is 0 Å². The number of oxazole rings is 1. The lowest BCUT2D eigenvalue weighted by Gasteiger charge is -2.13. The number of nitrogens with zero attached hydrogens (tertiary/aromatic N) is 1. The van der Waals surface area contributed by atoms with Crippen LogP contribution in [0.4, 0.5) is 8.78 Å². The van der Waals surface area contributed by atoms with E-state index < -0.39 is 11.6 Å². The molecule has 4 nitrogen and oxygen atoms in total.